The highest BCUT2D eigenvalue weighted by molar-refractivity contribution is 9.10. The largest absolute Gasteiger partial charge is 0.503 e. The van der Waals surface area contributed by atoms with Crippen molar-refractivity contribution in [3.63, 3.8) is 0 Å². The summed E-state index contributed by atoms with van der Waals surface area (Å²) in [7, 11) is 1.43. The zero-order chi connectivity index (χ0) is 34.2. The fourth-order valence-corrected chi connectivity index (χ4v) is 8.74. The fraction of sp³-hybridized carbons (Fsp3) is 0.189. The molecule has 1 saturated heterocycles. The molecule has 49 heavy (non-hydrogen) atoms. The molecule has 2 fully saturated rings. The summed E-state index contributed by atoms with van der Waals surface area (Å²) in [6, 6.07) is 27.1. The maximum Gasteiger partial charge on any atom is 0.352 e. The van der Waals surface area contributed by atoms with Crippen molar-refractivity contribution in [3.8, 4) is 17.2 Å². The van der Waals surface area contributed by atoms with E-state index in [0.717, 1.165) is 4.57 Å². The van der Waals surface area contributed by atoms with Gasteiger partial charge in [-0.3, -0.25) is 9.59 Å². The molecule has 1 saturated carbocycles. The number of benzene rings is 4. The zero-order valence-corrected chi connectivity index (χ0v) is 28.3. The van der Waals surface area contributed by atoms with Crippen LogP contribution in [-0.4, -0.2) is 38.0 Å². The van der Waals surface area contributed by atoms with Gasteiger partial charge in [0.15, 0.2) is 11.5 Å². The second kappa shape index (κ2) is 11.5. The molecule has 3 aliphatic rings. The van der Waals surface area contributed by atoms with E-state index in [1.807, 2.05) is 36.4 Å². The van der Waals surface area contributed by atoms with Gasteiger partial charge in [-0.05, 0) is 81.5 Å². The van der Waals surface area contributed by atoms with Crippen molar-refractivity contribution in [2.45, 2.75) is 30.3 Å². The molecule has 2 amide bonds. The van der Waals surface area contributed by atoms with E-state index in [0.29, 0.717) is 37.6 Å². The van der Waals surface area contributed by atoms with E-state index in [1.54, 1.807) is 66.7 Å². The quantitative estimate of drug-likeness (QED) is 0.182. The number of rotatable bonds is 5. The van der Waals surface area contributed by atoms with Crippen LogP contribution in [0.2, 0.25) is 5.02 Å². The summed E-state index contributed by atoms with van der Waals surface area (Å²) < 4.78 is 9.83. The van der Waals surface area contributed by atoms with Crippen molar-refractivity contribution in [2.24, 2.45) is 5.92 Å². The van der Waals surface area contributed by atoms with Crippen LogP contribution in [0.15, 0.2) is 123 Å². The number of imide groups is 1. The summed E-state index contributed by atoms with van der Waals surface area (Å²) >= 11 is 9.85. The molecule has 246 valence electrons. The average Bonchev–Trinajstić information content (AvgIpc) is 3.50. The van der Waals surface area contributed by atoms with Crippen LogP contribution >= 0.6 is 27.5 Å². The fourth-order valence-electron chi connectivity index (χ4n) is 8.09. The summed E-state index contributed by atoms with van der Waals surface area (Å²) in [6.45, 7) is 0.0578. The number of phenolic OH excluding ortho intramolecular Hbond substituents is 1. The number of aromatic nitrogens is 3. The van der Waals surface area contributed by atoms with E-state index in [2.05, 4.69) is 15.9 Å². The molecular formula is C37H28BrClN4O6. The predicted octanol–water partition coefficient (Wildman–Crippen LogP) is 5.73. The number of carbonyl (C=O) groups is 2. The Kier molecular flexibility index (Phi) is 7.31. The molecule has 10 nitrogen and oxygen atoms in total. The van der Waals surface area contributed by atoms with Crippen LogP contribution in [0.5, 0.6) is 11.5 Å². The Bertz CT molecular complexity index is 2330. The van der Waals surface area contributed by atoms with Gasteiger partial charge in [0.25, 0.3) is 0 Å². The maximum absolute atomic E-state index is 15.3. The summed E-state index contributed by atoms with van der Waals surface area (Å²) in [5.74, 6) is -2.65. The first-order valence-corrected chi connectivity index (χ1v) is 16.8. The van der Waals surface area contributed by atoms with Crippen molar-refractivity contribution < 1.29 is 19.4 Å². The number of amides is 2. The van der Waals surface area contributed by atoms with Crippen LogP contribution in [0.1, 0.15) is 29.5 Å². The van der Waals surface area contributed by atoms with Gasteiger partial charge in [-0.2, -0.15) is 0 Å². The zero-order valence-electron chi connectivity index (χ0n) is 26.0. The summed E-state index contributed by atoms with van der Waals surface area (Å²) in [5.41, 5.74) is 0.0958. The lowest BCUT2D eigenvalue weighted by Crippen LogP contribution is -2.53. The number of para-hydroxylation sites is 1. The predicted molar refractivity (Wildman–Crippen MR) is 187 cm³/mol. The number of carbonyl (C=O) groups excluding carboxylic acids is 2. The second-order valence-electron chi connectivity index (χ2n) is 12.4. The average molecular weight is 740 g/mol. The molecule has 0 radical (unpaired) electrons. The second-order valence-corrected chi connectivity index (χ2v) is 13.6. The third-order valence-corrected chi connectivity index (χ3v) is 10.9. The molecule has 8 rings (SSSR count). The lowest BCUT2D eigenvalue weighted by Gasteiger charge is -2.49. The Hall–Kier alpha value is -5.13. The maximum atomic E-state index is 15.3. The van der Waals surface area contributed by atoms with E-state index >= 15 is 4.79 Å². The van der Waals surface area contributed by atoms with E-state index < -0.39 is 46.5 Å². The number of fused-ring (bicyclic) bond motifs is 4. The summed E-state index contributed by atoms with van der Waals surface area (Å²) in [6.07, 6.45) is 1.95. The molecule has 0 bridgehead atoms. The third-order valence-electron chi connectivity index (χ3n) is 10.0. The van der Waals surface area contributed by atoms with E-state index in [1.165, 1.54) is 21.4 Å². The smallest absolute Gasteiger partial charge is 0.352 e. The van der Waals surface area contributed by atoms with Crippen molar-refractivity contribution in [1.29, 1.82) is 0 Å². The normalized spacial score (nSPS) is 22.7. The number of hydrogen-bond acceptors (Lipinski definition) is 6. The molecule has 1 N–H and O–H groups in total. The highest BCUT2D eigenvalue weighted by atomic mass is 79.9. The molecule has 12 heteroatoms. The number of nitrogens with zero attached hydrogens (tertiary/aromatic N) is 4. The van der Waals surface area contributed by atoms with Crippen molar-refractivity contribution in [2.75, 3.05) is 12.0 Å². The van der Waals surface area contributed by atoms with Crippen LogP contribution in [0.4, 0.5) is 5.69 Å². The molecule has 2 aliphatic heterocycles. The van der Waals surface area contributed by atoms with Gasteiger partial charge in [0.1, 0.15) is 0 Å². The van der Waals surface area contributed by atoms with Crippen LogP contribution < -0.4 is 21.0 Å². The first kappa shape index (κ1) is 31.2. The van der Waals surface area contributed by atoms with Crippen LogP contribution in [0.3, 0.4) is 0 Å². The van der Waals surface area contributed by atoms with Gasteiger partial charge < -0.3 is 9.84 Å². The molecule has 0 spiro atoms. The van der Waals surface area contributed by atoms with Gasteiger partial charge in [0.2, 0.25) is 11.8 Å². The Morgan fingerprint density at radius 2 is 1.57 bits per heavy atom. The Morgan fingerprint density at radius 3 is 2.27 bits per heavy atom. The number of anilines is 1. The molecule has 4 aromatic carbocycles. The molecule has 5 aromatic rings. The number of halogens is 2. The summed E-state index contributed by atoms with van der Waals surface area (Å²) in [5, 5.41) is 11.2. The molecule has 3 heterocycles. The van der Waals surface area contributed by atoms with Gasteiger partial charge in [0.05, 0.1) is 46.9 Å². The lowest BCUT2D eigenvalue weighted by atomic mass is 9.53. The van der Waals surface area contributed by atoms with E-state index in [9.17, 15) is 19.5 Å². The van der Waals surface area contributed by atoms with Crippen LogP contribution in [0.25, 0.3) is 5.69 Å². The minimum atomic E-state index is -1.49. The third kappa shape index (κ3) is 4.38. The van der Waals surface area contributed by atoms with Gasteiger partial charge in [-0.25, -0.2) is 28.4 Å². The Morgan fingerprint density at radius 1 is 0.878 bits per heavy atom. The van der Waals surface area contributed by atoms with Gasteiger partial charge in [0, 0.05) is 10.9 Å². The highest BCUT2D eigenvalue weighted by Crippen LogP contribution is 2.63. The summed E-state index contributed by atoms with van der Waals surface area (Å²) in [4.78, 5) is 59.4. The number of hydrogen-bond donors (Lipinski definition) is 1. The molecule has 4 atom stereocenters. The van der Waals surface area contributed by atoms with Crippen molar-refractivity contribution in [3.05, 3.63) is 150 Å². The number of aromatic hydroxyl groups is 1. The Labute approximate surface area is 293 Å². The molecular weight excluding hydrogens is 712 g/mol. The minimum absolute atomic E-state index is 0.0578. The van der Waals surface area contributed by atoms with Crippen LogP contribution in [0, 0.1) is 5.92 Å². The van der Waals surface area contributed by atoms with Gasteiger partial charge >= 0.3 is 11.4 Å². The van der Waals surface area contributed by atoms with Gasteiger partial charge in [-0.1, -0.05) is 72.3 Å². The van der Waals surface area contributed by atoms with Crippen molar-refractivity contribution in [1.82, 2.24) is 13.9 Å². The standard InChI is InChI=1S/C37H28BrClN4O6/c1-49-30-18-21(17-28(38)32(30)44)31-26-15-16-40-35(47)42(24-12-6-3-7-13-24)36(48)43(40)29(26)20-27-33(45)41(25-14-8-11-23(39)19-25)34(46)37(27,31)22-9-4-2-5-10-22/h2-15,17-19,27,29,31,44H,16,20H2,1H3. The molecule has 4 unspecified atom stereocenters. The first-order chi connectivity index (χ1) is 23.7. The number of allylic oxidation sites excluding steroid dienone is 2. The Balaban J connectivity index is 1.44. The highest BCUT2D eigenvalue weighted by Gasteiger charge is 2.68. The molecule has 1 aromatic heterocycles. The topological polar surface area (TPSA) is 116 Å². The van der Waals surface area contributed by atoms with Gasteiger partial charge in [-0.15, -0.1) is 0 Å². The molecule has 1 aliphatic carbocycles. The van der Waals surface area contributed by atoms with Crippen molar-refractivity contribution >= 4 is 45.0 Å². The number of ether oxygens (including phenoxy) is 1. The minimum Gasteiger partial charge on any atom is -0.503 e. The number of phenols is 1. The van der Waals surface area contributed by atoms with Crippen LogP contribution in [-0.2, 0) is 21.5 Å². The lowest BCUT2D eigenvalue weighted by molar-refractivity contribution is -0.124. The number of methoxy groups -OCH3 is 1. The first-order valence-electron chi connectivity index (χ1n) is 15.6. The van der Waals surface area contributed by atoms with E-state index in [-0.39, 0.29) is 24.5 Å². The van der Waals surface area contributed by atoms with E-state index in [4.69, 9.17) is 16.3 Å². The monoisotopic (exact) mass is 738 g/mol. The SMILES string of the molecule is COc1cc(C2C3=CCn4c(=O)n(-c5ccccc5)c(=O)n4C3CC3C(=O)N(c4cccc(Cl)c4)C(=O)C32c2ccccc2)cc(Br)c1O.